The molecule has 2 N–H and O–H groups in total. The standard InChI is InChI=1S/C11H20N2O2/c1-11(2,3)15-10(8-14)13-6-4-5-9(13)7-12/h9H,4-7,12H2,1-3H3. The number of nitrogens with zero attached hydrogens (tertiary/aromatic N) is 1. The summed E-state index contributed by atoms with van der Waals surface area (Å²) in [5, 5.41) is 0. The first-order valence-electron chi connectivity index (χ1n) is 5.39. The van der Waals surface area contributed by atoms with Crippen molar-refractivity contribution in [3.05, 3.63) is 5.88 Å². The van der Waals surface area contributed by atoms with E-state index < -0.39 is 0 Å². The molecule has 0 saturated carbocycles. The Labute approximate surface area is 91.1 Å². The van der Waals surface area contributed by atoms with Crippen LogP contribution in [0.25, 0.3) is 0 Å². The number of hydrogen-bond acceptors (Lipinski definition) is 4. The van der Waals surface area contributed by atoms with Gasteiger partial charge in [-0.1, -0.05) is 0 Å². The van der Waals surface area contributed by atoms with Gasteiger partial charge in [0.1, 0.15) is 5.60 Å². The third-order valence-corrected chi connectivity index (χ3v) is 2.40. The molecule has 1 heterocycles. The van der Waals surface area contributed by atoms with Gasteiger partial charge in [-0.25, -0.2) is 4.79 Å². The fourth-order valence-electron chi connectivity index (χ4n) is 1.78. The second-order valence-electron chi connectivity index (χ2n) is 4.85. The van der Waals surface area contributed by atoms with E-state index in [9.17, 15) is 4.79 Å². The summed E-state index contributed by atoms with van der Waals surface area (Å²) in [7, 11) is 0. The maximum Gasteiger partial charge on any atom is 0.278 e. The van der Waals surface area contributed by atoms with Crippen molar-refractivity contribution >= 4 is 5.94 Å². The van der Waals surface area contributed by atoms with Crippen LogP contribution in [0.1, 0.15) is 33.6 Å². The van der Waals surface area contributed by atoms with E-state index in [0.29, 0.717) is 12.4 Å². The lowest BCUT2D eigenvalue weighted by molar-refractivity contribution is 0.00255. The maximum absolute atomic E-state index is 10.9. The van der Waals surface area contributed by atoms with Crippen molar-refractivity contribution < 1.29 is 9.53 Å². The van der Waals surface area contributed by atoms with Gasteiger partial charge in [-0.05, 0) is 33.6 Å². The summed E-state index contributed by atoms with van der Waals surface area (Å²) in [6, 6.07) is 0.226. The maximum atomic E-state index is 10.9. The average Bonchev–Trinajstić information content (AvgIpc) is 2.60. The van der Waals surface area contributed by atoms with E-state index in [-0.39, 0.29) is 11.6 Å². The molecule has 1 atom stereocenters. The Morgan fingerprint density at radius 2 is 2.27 bits per heavy atom. The highest BCUT2D eigenvalue weighted by Crippen LogP contribution is 2.23. The Balaban J connectivity index is 2.71. The van der Waals surface area contributed by atoms with Gasteiger partial charge in [0.15, 0.2) is 5.94 Å². The molecular weight excluding hydrogens is 192 g/mol. The summed E-state index contributed by atoms with van der Waals surface area (Å²) in [6.07, 6.45) is 2.08. The van der Waals surface area contributed by atoms with Crippen LogP contribution in [0.15, 0.2) is 5.88 Å². The first-order chi connectivity index (χ1) is 6.98. The molecular formula is C11H20N2O2. The van der Waals surface area contributed by atoms with E-state index in [1.807, 2.05) is 31.6 Å². The number of nitrogens with two attached hydrogens (primary N) is 1. The molecule has 1 saturated heterocycles. The van der Waals surface area contributed by atoms with Gasteiger partial charge in [0.2, 0.25) is 0 Å². The van der Waals surface area contributed by atoms with Gasteiger partial charge in [-0.2, -0.15) is 0 Å². The zero-order valence-corrected chi connectivity index (χ0v) is 9.75. The van der Waals surface area contributed by atoms with Crippen LogP contribution in [0.4, 0.5) is 0 Å². The van der Waals surface area contributed by atoms with E-state index in [2.05, 4.69) is 0 Å². The summed E-state index contributed by atoms with van der Waals surface area (Å²) in [4.78, 5) is 12.8. The smallest absolute Gasteiger partial charge is 0.278 e. The fraction of sp³-hybridized carbons (Fsp3) is 0.818. The summed E-state index contributed by atoms with van der Waals surface area (Å²) in [5.74, 6) is 2.18. The highest BCUT2D eigenvalue weighted by molar-refractivity contribution is 5.49. The lowest BCUT2D eigenvalue weighted by Crippen LogP contribution is -2.38. The van der Waals surface area contributed by atoms with Gasteiger partial charge < -0.3 is 15.4 Å². The first-order valence-corrected chi connectivity index (χ1v) is 5.39. The van der Waals surface area contributed by atoms with Gasteiger partial charge in [0.25, 0.3) is 5.88 Å². The number of rotatable bonds is 3. The number of hydrogen-bond donors (Lipinski definition) is 1. The first kappa shape index (κ1) is 12.1. The SMILES string of the molecule is CC(C)(C)OC(=C=O)N1CCCC1CN. The second kappa shape index (κ2) is 4.69. The minimum atomic E-state index is -0.367. The minimum Gasteiger partial charge on any atom is -0.465 e. The largest absolute Gasteiger partial charge is 0.465 e. The zero-order valence-electron chi connectivity index (χ0n) is 9.75. The molecule has 0 aromatic rings. The quantitative estimate of drug-likeness (QED) is 0.558. The van der Waals surface area contributed by atoms with E-state index in [4.69, 9.17) is 10.5 Å². The van der Waals surface area contributed by atoms with Crippen molar-refractivity contribution in [1.29, 1.82) is 0 Å². The second-order valence-corrected chi connectivity index (χ2v) is 4.85. The van der Waals surface area contributed by atoms with E-state index >= 15 is 0 Å². The molecule has 0 aromatic carbocycles. The molecule has 1 rings (SSSR count). The highest BCUT2D eigenvalue weighted by atomic mass is 16.5. The lowest BCUT2D eigenvalue weighted by atomic mass is 10.2. The predicted molar refractivity (Wildman–Crippen MR) is 58.8 cm³/mol. The molecule has 4 heteroatoms. The van der Waals surface area contributed by atoms with Crippen LogP contribution in [0.3, 0.4) is 0 Å². The predicted octanol–water partition coefficient (Wildman–Crippen LogP) is 0.898. The van der Waals surface area contributed by atoms with Crippen molar-refractivity contribution in [2.45, 2.75) is 45.3 Å². The Bertz CT molecular complexity index is 264. The van der Waals surface area contributed by atoms with Crippen LogP contribution in [0, 0.1) is 0 Å². The molecule has 1 aliphatic rings. The molecule has 1 unspecified atom stereocenters. The number of carbonyl (C=O) groups excluding carboxylic acids is 1. The third-order valence-electron chi connectivity index (χ3n) is 2.40. The fourth-order valence-corrected chi connectivity index (χ4v) is 1.78. The van der Waals surface area contributed by atoms with E-state index in [1.165, 1.54) is 0 Å². The molecule has 4 nitrogen and oxygen atoms in total. The van der Waals surface area contributed by atoms with Crippen molar-refractivity contribution in [2.75, 3.05) is 13.1 Å². The Hall–Kier alpha value is -0.990. The van der Waals surface area contributed by atoms with Gasteiger partial charge in [-0.15, -0.1) is 0 Å². The molecule has 1 aliphatic heterocycles. The van der Waals surface area contributed by atoms with Crippen LogP contribution in [-0.2, 0) is 9.53 Å². The Kier molecular flexibility index (Phi) is 3.77. The lowest BCUT2D eigenvalue weighted by Gasteiger charge is -2.30. The van der Waals surface area contributed by atoms with Gasteiger partial charge in [0.05, 0.1) is 0 Å². The minimum absolute atomic E-state index is 0.226. The molecule has 0 radical (unpaired) electrons. The highest BCUT2D eigenvalue weighted by Gasteiger charge is 2.29. The zero-order chi connectivity index (χ0) is 11.5. The van der Waals surface area contributed by atoms with Gasteiger partial charge >= 0.3 is 0 Å². The van der Waals surface area contributed by atoms with Gasteiger partial charge in [0, 0.05) is 19.1 Å². The molecule has 0 bridgehead atoms. The number of likely N-dealkylation sites (tertiary alicyclic amines) is 1. The van der Waals surface area contributed by atoms with Crippen molar-refractivity contribution in [3.63, 3.8) is 0 Å². The van der Waals surface area contributed by atoms with E-state index in [0.717, 1.165) is 19.4 Å². The molecule has 1 fully saturated rings. The van der Waals surface area contributed by atoms with Crippen LogP contribution in [0.5, 0.6) is 0 Å². The van der Waals surface area contributed by atoms with Crippen LogP contribution in [0.2, 0.25) is 0 Å². The summed E-state index contributed by atoms with van der Waals surface area (Å²) in [5.41, 5.74) is 5.27. The summed E-state index contributed by atoms with van der Waals surface area (Å²) >= 11 is 0. The van der Waals surface area contributed by atoms with Crippen LogP contribution >= 0.6 is 0 Å². The molecule has 0 spiro atoms. The third kappa shape index (κ3) is 3.26. The average molecular weight is 212 g/mol. The van der Waals surface area contributed by atoms with Crippen molar-refractivity contribution in [2.24, 2.45) is 5.73 Å². The molecule has 0 amide bonds. The molecule has 15 heavy (non-hydrogen) atoms. The van der Waals surface area contributed by atoms with Crippen molar-refractivity contribution in [3.8, 4) is 0 Å². The van der Waals surface area contributed by atoms with Crippen molar-refractivity contribution in [1.82, 2.24) is 4.90 Å². The monoisotopic (exact) mass is 212 g/mol. The molecule has 0 aromatic heterocycles. The Morgan fingerprint density at radius 1 is 1.60 bits per heavy atom. The van der Waals surface area contributed by atoms with Gasteiger partial charge in [-0.3, -0.25) is 0 Å². The number of ether oxygens (including phenoxy) is 1. The van der Waals surface area contributed by atoms with Crippen LogP contribution in [-0.4, -0.2) is 35.6 Å². The normalized spacial score (nSPS) is 21.3. The van der Waals surface area contributed by atoms with E-state index in [1.54, 1.807) is 0 Å². The topological polar surface area (TPSA) is 55.6 Å². The summed E-state index contributed by atoms with van der Waals surface area (Å²) in [6.45, 7) is 7.13. The molecule has 86 valence electrons. The summed E-state index contributed by atoms with van der Waals surface area (Å²) < 4.78 is 5.57. The Morgan fingerprint density at radius 3 is 2.73 bits per heavy atom. The van der Waals surface area contributed by atoms with Crippen LogP contribution < -0.4 is 5.73 Å². The molecule has 0 aliphatic carbocycles.